The molecule has 2 unspecified atom stereocenters. The highest BCUT2D eigenvalue weighted by atomic mass is 28.4. The molecule has 1 amide bonds. The second-order valence-electron chi connectivity index (χ2n) is 11.8. The highest BCUT2D eigenvalue weighted by molar-refractivity contribution is 6.72. The monoisotopic (exact) mass is 580 g/mol. The van der Waals surface area contributed by atoms with Gasteiger partial charge >= 0.3 is 0 Å². The maximum atomic E-state index is 16.0. The SMILES string of the molecule is CO[C@@H]1c2cc(N3CCCCC3=O)ccc2O[C@H](C(CCn2cc(C(CO)c3ccccc3)nn2)[Si](C)(C)F)[C@H]1C. The first-order chi connectivity index (χ1) is 19.7. The van der Waals surface area contributed by atoms with Crippen molar-refractivity contribution in [3.63, 3.8) is 0 Å². The van der Waals surface area contributed by atoms with E-state index in [1.54, 1.807) is 24.9 Å². The summed E-state index contributed by atoms with van der Waals surface area (Å²) in [5, 5.41) is 18.7. The van der Waals surface area contributed by atoms with E-state index in [1.807, 2.05) is 59.6 Å². The number of benzene rings is 2. The van der Waals surface area contributed by atoms with Gasteiger partial charge in [0.1, 0.15) is 11.9 Å². The molecule has 0 bridgehead atoms. The van der Waals surface area contributed by atoms with Gasteiger partial charge in [0.2, 0.25) is 14.3 Å². The van der Waals surface area contributed by atoms with Gasteiger partial charge in [0.05, 0.1) is 24.3 Å². The van der Waals surface area contributed by atoms with Gasteiger partial charge in [0.15, 0.2) is 0 Å². The zero-order valence-electron chi connectivity index (χ0n) is 24.4. The summed E-state index contributed by atoms with van der Waals surface area (Å²) < 4.78 is 30.3. The topological polar surface area (TPSA) is 89.7 Å². The number of nitrogens with zero attached hydrogens (tertiary/aromatic N) is 4. The lowest BCUT2D eigenvalue weighted by molar-refractivity contribution is -0.119. The molecule has 1 fully saturated rings. The van der Waals surface area contributed by atoms with Gasteiger partial charge in [0, 0.05) is 55.5 Å². The van der Waals surface area contributed by atoms with E-state index in [4.69, 9.17) is 9.47 Å². The fourth-order valence-corrected chi connectivity index (χ4v) is 8.39. The zero-order chi connectivity index (χ0) is 29.1. The van der Waals surface area contributed by atoms with E-state index >= 15 is 4.11 Å². The number of ether oxygens (including phenoxy) is 2. The molecule has 2 aromatic carbocycles. The number of fused-ring (bicyclic) bond motifs is 1. The highest BCUT2D eigenvalue weighted by Crippen LogP contribution is 2.48. The van der Waals surface area contributed by atoms with Gasteiger partial charge in [-0.1, -0.05) is 42.5 Å². The van der Waals surface area contributed by atoms with Crippen LogP contribution >= 0.6 is 0 Å². The predicted octanol–water partition coefficient (Wildman–Crippen LogP) is 5.64. The second-order valence-corrected chi connectivity index (χ2v) is 15.7. The molecular formula is C31H41FN4O4Si. The van der Waals surface area contributed by atoms with Gasteiger partial charge in [-0.05, 0) is 56.1 Å². The molecule has 220 valence electrons. The lowest BCUT2D eigenvalue weighted by Gasteiger charge is -2.43. The molecule has 2 aliphatic rings. The normalized spacial score (nSPS) is 22.6. The maximum absolute atomic E-state index is 16.0. The van der Waals surface area contributed by atoms with Crippen LogP contribution < -0.4 is 9.64 Å². The molecule has 8 nitrogen and oxygen atoms in total. The van der Waals surface area contributed by atoms with E-state index in [1.165, 1.54) is 0 Å². The van der Waals surface area contributed by atoms with E-state index in [9.17, 15) is 9.90 Å². The third-order valence-corrected chi connectivity index (χ3v) is 11.1. The van der Waals surface area contributed by atoms with E-state index in [0.717, 1.165) is 29.7 Å². The summed E-state index contributed by atoms with van der Waals surface area (Å²) in [6, 6.07) is 15.6. The molecule has 3 aromatic rings. The first kappa shape index (κ1) is 29.4. The van der Waals surface area contributed by atoms with Gasteiger partial charge in [-0.3, -0.25) is 9.48 Å². The Bertz CT molecular complexity index is 1330. The Labute approximate surface area is 242 Å². The van der Waals surface area contributed by atoms with Crippen molar-refractivity contribution in [1.82, 2.24) is 15.0 Å². The molecule has 1 saturated heterocycles. The van der Waals surface area contributed by atoms with Crippen LogP contribution in [0, 0.1) is 5.92 Å². The van der Waals surface area contributed by atoms with Crippen LogP contribution in [0.15, 0.2) is 54.7 Å². The van der Waals surface area contributed by atoms with Crippen molar-refractivity contribution in [2.24, 2.45) is 5.92 Å². The summed E-state index contributed by atoms with van der Waals surface area (Å²) in [5.74, 6) is 0.463. The van der Waals surface area contributed by atoms with Gasteiger partial charge in [-0.2, -0.15) is 0 Å². The smallest absolute Gasteiger partial charge is 0.247 e. The Morgan fingerprint density at radius 3 is 2.66 bits per heavy atom. The molecule has 3 heterocycles. The van der Waals surface area contributed by atoms with Crippen LogP contribution in [0.3, 0.4) is 0 Å². The van der Waals surface area contributed by atoms with Crippen LogP contribution in [-0.4, -0.2) is 60.8 Å². The van der Waals surface area contributed by atoms with Crippen molar-refractivity contribution >= 4 is 20.0 Å². The summed E-state index contributed by atoms with van der Waals surface area (Å²) in [6.07, 6.45) is 4.21. The van der Waals surface area contributed by atoms with E-state index in [2.05, 4.69) is 17.2 Å². The van der Waals surface area contributed by atoms with Crippen LogP contribution in [0.5, 0.6) is 5.75 Å². The minimum absolute atomic E-state index is 0.0748. The molecule has 10 heteroatoms. The van der Waals surface area contributed by atoms with Gasteiger partial charge in [-0.25, -0.2) is 0 Å². The average Bonchev–Trinajstić information content (AvgIpc) is 3.42. The Morgan fingerprint density at radius 1 is 1.20 bits per heavy atom. The number of anilines is 1. The predicted molar refractivity (Wildman–Crippen MR) is 158 cm³/mol. The second kappa shape index (κ2) is 12.4. The van der Waals surface area contributed by atoms with Crippen molar-refractivity contribution in [2.45, 2.75) is 75.9 Å². The molecule has 0 aliphatic carbocycles. The molecule has 0 radical (unpaired) electrons. The molecule has 41 heavy (non-hydrogen) atoms. The minimum Gasteiger partial charge on any atom is -0.490 e. The van der Waals surface area contributed by atoms with Gasteiger partial charge in [0.25, 0.3) is 0 Å². The number of carbonyl (C=O) groups excluding carboxylic acids is 1. The number of amides is 1. The number of aliphatic hydroxyl groups excluding tert-OH is 1. The standard InChI is InChI=1S/C31H41FN4O4Si/c1-21-30(39-2)24-18-23(36-16-9-8-12-29(36)38)13-14-27(24)40-31(21)28(41(3,4)32)15-17-35-19-26(33-34-35)25(20-37)22-10-6-5-7-11-22/h5-7,10-11,13-14,18-19,21,25,28,30-31,37H,8-9,12,15-17,20H2,1-4H3/t21-,25?,28?,30-,31-/m0/s1. The number of hydrogen-bond acceptors (Lipinski definition) is 6. The highest BCUT2D eigenvalue weighted by Gasteiger charge is 2.47. The molecule has 1 N–H and O–H groups in total. The van der Waals surface area contributed by atoms with Gasteiger partial charge < -0.3 is 23.6 Å². The van der Waals surface area contributed by atoms with Crippen molar-refractivity contribution in [3.05, 3.63) is 71.5 Å². The first-order valence-corrected chi connectivity index (χ1v) is 17.5. The van der Waals surface area contributed by atoms with E-state index in [-0.39, 0.29) is 42.1 Å². The largest absolute Gasteiger partial charge is 0.490 e. The van der Waals surface area contributed by atoms with Crippen LogP contribution in [-0.2, 0) is 16.1 Å². The van der Waals surface area contributed by atoms with Crippen LogP contribution in [0.2, 0.25) is 18.6 Å². The number of rotatable bonds is 10. The van der Waals surface area contributed by atoms with Crippen molar-refractivity contribution in [3.8, 4) is 5.75 Å². The Balaban J connectivity index is 1.35. The lowest BCUT2D eigenvalue weighted by Crippen LogP contribution is -2.46. The quantitative estimate of drug-likeness (QED) is 0.247. The van der Waals surface area contributed by atoms with Crippen LogP contribution in [0.25, 0.3) is 0 Å². The number of piperidine rings is 1. The Kier molecular flexibility index (Phi) is 8.91. The third kappa shape index (κ3) is 6.24. The first-order valence-electron chi connectivity index (χ1n) is 14.6. The molecule has 5 rings (SSSR count). The summed E-state index contributed by atoms with van der Waals surface area (Å²) >= 11 is 0. The zero-order valence-corrected chi connectivity index (χ0v) is 25.4. The number of aromatic nitrogens is 3. The fourth-order valence-electron chi connectivity index (χ4n) is 6.42. The number of carbonyl (C=O) groups is 1. The maximum Gasteiger partial charge on any atom is 0.247 e. The molecule has 0 spiro atoms. The lowest BCUT2D eigenvalue weighted by atomic mass is 9.86. The van der Waals surface area contributed by atoms with E-state index in [0.29, 0.717) is 37.4 Å². The Hall–Kier alpha value is -3.08. The summed E-state index contributed by atoms with van der Waals surface area (Å²) in [4.78, 5) is 14.4. The van der Waals surface area contributed by atoms with Crippen molar-refractivity contribution in [2.75, 3.05) is 25.2 Å². The average molecular weight is 581 g/mol. The minimum atomic E-state index is -3.19. The molecule has 1 aromatic heterocycles. The van der Waals surface area contributed by atoms with E-state index < -0.39 is 8.41 Å². The number of aryl methyl sites for hydroxylation is 1. The van der Waals surface area contributed by atoms with Crippen LogP contribution in [0.1, 0.15) is 61.4 Å². The number of aliphatic hydroxyl groups is 1. The summed E-state index contributed by atoms with van der Waals surface area (Å²) in [6.45, 7) is 6.66. The fraction of sp³-hybridized carbons (Fsp3) is 0.516. The molecule has 2 aliphatic heterocycles. The van der Waals surface area contributed by atoms with Crippen molar-refractivity contribution < 1.29 is 23.5 Å². The number of halogens is 1. The number of hydrogen-bond donors (Lipinski definition) is 1. The molecular weight excluding hydrogens is 539 g/mol. The molecule has 0 saturated carbocycles. The number of methoxy groups -OCH3 is 1. The Morgan fingerprint density at radius 2 is 1.98 bits per heavy atom. The molecule has 5 atom stereocenters. The van der Waals surface area contributed by atoms with Crippen LogP contribution in [0.4, 0.5) is 9.80 Å². The van der Waals surface area contributed by atoms with Crippen molar-refractivity contribution in [1.29, 1.82) is 0 Å². The van der Waals surface area contributed by atoms with Gasteiger partial charge in [-0.15, -0.1) is 5.10 Å². The summed E-state index contributed by atoms with van der Waals surface area (Å²) in [5.41, 5.74) is 3.10. The summed E-state index contributed by atoms with van der Waals surface area (Å²) in [7, 11) is -1.51. The third-order valence-electron chi connectivity index (χ3n) is 8.69.